The molecule has 0 bridgehead atoms. The van der Waals surface area contributed by atoms with Crippen molar-refractivity contribution in [1.29, 1.82) is 0 Å². The average Bonchev–Trinajstić information content (AvgIpc) is 2.59. The summed E-state index contributed by atoms with van der Waals surface area (Å²) >= 11 is 0. The summed E-state index contributed by atoms with van der Waals surface area (Å²) in [5.41, 5.74) is 2.08. The second-order valence-electron chi connectivity index (χ2n) is 4.24. The molecule has 0 aromatic heterocycles. The van der Waals surface area contributed by atoms with Crippen LogP contribution in [0.2, 0.25) is 0 Å². The zero-order chi connectivity index (χ0) is 11.2. The molecule has 0 spiro atoms. The molecule has 88 valence electrons. The molecule has 1 unspecified atom stereocenters. The minimum absolute atomic E-state index is 0.109. The number of anilines is 1. The van der Waals surface area contributed by atoms with Crippen LogP contribution in [0, 0.1) is 0 Å². The standard InChI is InChI=1S/C13H19NO2/c15-10-11-3-5-13(6-4-11)14-12-2-1-8-16-9-7-12/h3-6,12,14-15H,1-2,7-10H2. The summed E-state index contributed by atoms with van der Waals surface area (Å²) in [7, 11) is 0. The number of benzene rings is 1. The van der Waals surface area contributed by atoms with Gasteiger partial charge in [0.25, 0.3) is 0 Å². The van der Waals surface area contributed by atoms with Crippen molar-refractivity contribution in [3.05, 3.63) is 29.8 Å². The van der Waals surface area contributed by atoms with Gasteiger partial charge in [-0.3, -0.25) is 0 Å². The molecular formula is C13H19NO2. The van der Waals surface area contributed by atoms with E-state index >= 15 is 0 Å². The average molecular weight is 221 g/mol. The van der Waals surface area contributed by atoms with Gasteiger partial charge in [-0.2, -0.15) is 0 Å². The van der Waals surface area contributed by atoms with E-state index in [9.17, 15) is 0 Å². The quantitative estimate of drug-likeness (QED) is 0.822. The van der Waals surface area contributed by atoms with E-state index in [0.29, 0.717) is 6.04 Å². The minimum atomic E-state index is 0.109. The summed E-state index contributed by atoms with van der Waals surface area (Å²) in [6.07, 6.45) is 3.37. The Hall–Kier alpha value is -1.06. The van der Waals surface area contributed by atoms with Crippen molar-refractivity contribution >= 4 is 5.69 Å². The fourth-order valence-electron chi connectivity index (χ4n) is 1.99. The number of nitrogens with one attached hydrogen (secondary N) is 1. The lowest BCUT2D eigenvalue weighted by Gasteiger charge is -2.17. The van der Waals surface area contributed by atoms with Crippen molar-refractivity contribution in [1.82, 2.24) is 0 Å². The Balaban J connectivity index is 1.91. The molecular weight excluding hydrogens is 202 g/mol. The molecule has 1 fully saturated rings. The van der Waals surface area contributed by atoms with Gasteiger partial charge in [0, 0.05) is 24.9 Å². The molecule has 0 amide bonds. The van der Waals surface area contributed by atoms with Crippen LogP contribution in [-0.2, 0) is 11.3 Å². The Bertz CT molecular complexity index is 302. The monoisotopic (exact) mass is 221 g/mol. The largest absolute Gasteiger partial charge is 0.392 e. The first-order chi connectivity index (χ1) is 7.88. The summed E-state index contributed by atoms with van der Waals surface area (Å²) in [5, 5.41) is 12.5. The molecule has 1 saturated heterocycles. The fourth-order valence-corrected chi connectivity index (χ4v) is 1.99. The van der Waals surface area contributed by atoms with Gasteiger partial charge in [0.2, 0.25) is 0 Å². The summed E-state index contributed by atoms with van der Waals surface area (Å²) < 4.78 is 5.43. The summed E-state index contributed by atoms with van der Waals surface area (Å²) in [4.78, 5) is 0. The van der Waals surface area contributed by atoms with Gasteiger partial charge < -0.3 is 15.2 Å². The van der Waals surface area contributed by atoms with Crippen molar-refractivity contribution in [2.24, 2.45) is 0 Å². The number of aliphatic hydroxyl groups excluding tert-OH is 1. The summed E-state index contributed by atoms with van der Waals surface area (Å²) in [5.74, 6) is 0. The molecule has 0 saturated carbocycles. The van der Waals surface area contributed by atoms with Gasteiger partial charge in [-0.25, -0.2) is 0 Å². The summed E-state index contributed by atoms with van der Waals surface area (Å²) in [6.45, 7) is 1.85. The molecule has 1 aromatic rings. The Morgan fingerprint density at radius 1 is 1.19 bits per heavy atom. The first-order valence-corrected chi connectivity index (χ1v) is 5.92. The molecule has 1 atom stereocenters. The molecule has 1 aliphatic heterocycles. The number of aliphatic hydroxyl groups is 1. The summed E-state index contributed by atoms with van der Waals surface area (Å²) in [6, 6.07) is 8.47. The van der Waals surface area contributed by atoms with Gasteiger partial charge in [0.15, 0.2) is 0 Å². The fraction of sp³-hybridized carbons (Fsp3) is 0.538. The highest BCUT2D eigenvalue weighted by molar-refractivity contribution is 5.45. The van der Waals surface area contributed by atoms with Crippen LogP contribution in [-0.4, -0.2) is 24.4 Å². The van der Waals surface area contributed by atoms with Gasteiger partial charge in [0.1, 0.15) is 0 Å². The van der Waals surface area contributed by atoms with Gasteiger partial charge in [-0.15, -0.1) is 0 Å². The third kappa shape index (κ3) is 3.22. The van der Waals surface area contributed by atoms with Gasteiger partial charge in [-0.05, 0) is 37.0 Å². The van der Waals surface area contributed by atoms with Crippen LogP contribution in [0.3, 0.4) is 0 Å². The van der Waals surface area contributed by atoms with Crippen LogP contribution >= 0.6 is 0 Å². The Kier molecular flexibility index (Phi) is 4.19. The molecule has 0 radical (unpaired) electrons. The third-order valence-electron chi connectivity index (χ3n) is 2.96. The Morgan fingerprint density at radius 3 is 2.75 bits per heavy atom. The maximum atomic E-state index is 8.95. The van der Waals surface area contributed by atoms with Crippen molar-refractivity contribution in [3.8, 4) is 0 Å². The Labute approximate surface area is 96.4 Å². The topological polar surface area (TPSA) is 41.5 Å². The molecule has 1 heterocycles. The Morgan fingerprint density at radius 2 is 2.00 bits per heavy atom. The van der Waals surface area contributed by atoms with Crippen LogP contribution in [0.25, 0.3) is 0 Å². The molecule has 3 nitrogen and oxygen atoms in total. The first kappa shape index (κ1) is 11.4. The zero-order valence-corrected chi connectivity index (χ0v) is 9.48. The maximum absolute atomic E-state index is 8.95. The minimum Gasteiger partial charge on any atom is -0.392 e. The van der Waals surface area contributed by atoms with Gasteiger partial charge in [0.05, 0.1) is 6.61 Å². The molecule has 3 heteroatoms. The zero-order valence-electron chi connectivity index (χ0n) is 9.48. The molecule has 0 aliphatic carbocycles. The van der Waals surface area contributed by atoms with Crippen molar-refractivity contribution in [2.45, 2.75) is 31.9 Å². The van der Waals surface area contributed by atoms with Crippen molar-refractivity contribution in [3.63, 3.8) is 0 Å². The van der Waals surface area contributed by atoms with E-state index in [4.69, 9.17) is 9.84 Å². The van der Waals surface area contributed by atoms with Crippen molar-refractivity contribution in [2.75, 3.05) is 18.5 Å². The van der Waals surface area contributed by atoms with E-state index < -0.39 is 0 Å². The highest BCUT2D eigenvalue weighted by atomic mass is 16.5. The predicted octanol–water partition coefficient (Wildman–Crippen LogP) is 2.16. The number of ether oxygens (including phenoxy) is 1. The van der Waals surface area contributed by atoms with Crippen LogP contribution in [0.4, 0.5) is 5.69 Å². The lowest BCUT2D eigenvalue weighted by atomic mass is 10.1. The lowest BCUT2D eigenvalue weighted by molar-refractivity contribution is 0.144. The second kappa shape index (κ2) is 5.87. The molecule has 2 N–H and O–H groups in total. The van der Waals surface area contributed by atoms with E-state index in [1.54, 1.807) is 0 Å². The van der Waals surface area contributed by atoms with E-state index in [2.05, 4.69) is 5.32 Å². The molecule has 1 aromatic carbocycles. The highest BCUT2D eigenvalue weighted by Gasteiger charge is 2.11. The van der Waals surface area contributed by atoms with E-state index in [0.717, 1.165) is 37.3 Å². The smallest absolute Gasteiger partial charge is 0.0681 e. The molecule has 16 heavy (non-hydrogen) atoms. The predicted molar refractivity (Wildman–Crippen MR) is 64.4 cm³/mol. The van der Waals surface area contributed by atoms with Gasteiger partial charge >= 0.3 is 0 Å². The third-order valence-corrected chi connectivity index (χ3v) is 2.96. The van der Waals surface area contributed by atoms with E-state index in [1.165, 1.54) is 6.42 Å². The number of hydrogen-bond acceptors (Lipinski definition) is 3. The first-order valence-electron chi connectivity index (χ1n) is 5.92. The molecule has 1 aliphatic rings. The number of rotatable bonds is 3. The van der Waals surface area contributed by atoms with E-state index in [-0.39, 0.29) is 6.61 Å². The lowest BCUT2D eigenvalue weighted by Crippen LogP contribution is -2.19. The van der Waals surface area contributed by atoms with Crippen molar-refractivity contribution < 1.29 is 9.84 Å². The van der Waals surface area contributed by atoms with Crippen LogP contribution in [0.1, 0.15) is 24.8 Å². The second-order valence-corrected chi connectivity index (χ2v) is 4.24. The SMILES string of the molecule is OCc1ccc(NC2CCCOCC2)cc1. The normalized spacial score (nSPS) is 21.4. The number of hydrogen-bond donors (Lipinski definition) is 2. The van der Waals surface area contributed by atoms with E-state index in [1.807, 2.05) is 24.3 Å². The molecule has 2 rings (SSSR count). The van der Waals surface area contributed by atoms with Gasteiger partial charge in [-0.1, -0.05) is 12.1 Å². The van der Waals surface area contributed by atoms with Crippen LogP contribution < -0.4 is 5.32 Å². The van der Waals surface area contributed by atoms with Crippen LogP contribution in [0.15, 0.2) is 24.3 Å². The van der Waals surface area contributed by atoms with Crippen LogP contribution in [0.5, 0.6) is 0 Å². The maximum Gasteiger partial charge on any atom is 0.0681 e. The highest BCUT2D eigenvalue weighted by Crippen LogP contribution is 2.16.